The van der Waals surface area contributed by atoms with Crippen LogP contribution in [0.4, 0.5) is 5.69 Å². The van der Waals surface area contributed by atoms with Crippen LogP contribution in [0, 0.1) is 0 Å². The molecule has 0 heterocycles. The molecule has 0 aliphatic rings. The molecular formula is C10H12BrNO3S. The van der Waals surface area contributed by atoms with Crippen molar-refractivity contribution in [1.82, 2.24) is 0 Å². The molecule has 0 bridgehead atoms. The summed E-state index contributed by atoms with van der Waals surface area (Å²) in [6.45, 7) is 0. The Bertz CT molecular complexity index is 481. The van der Waals surface area contributed by atoms with Gasteiger partial charge < -0.3 is 0 Å². The molecule has 0 N–H and O–H groups in total. The number of anilines is 1. The number of carbonyl (C=O) groups excluding carboxylic acids is 1. The molecule has 0 saturated heterocycles. The van der Waals surface area contributed by atoms with E-state index in [0.29, 0.717) is 11.3 Å². The number of halogens is 1. The first-order valence-electron chi connectivity index (χ1n) is 4.49. The SMILES string of the molecule is CN(c1ccc(C(=O)CBr)cc1)S(C)(=O)=O. The summed E-state index contributed by atoms with van der Waals surface area (Å²) < 4.78 is 23.7. The highest BCUT2D eigenvalue weighted by Gasteiger charge is 2.12. The largest absolute Gasteiger partial charge is 0.293 e. The van der Waals surface area contributed by atoms with Crippen LogP contribution in [0.15, 0.2) is 24.3 Å². The topological polar surface area (TPSA) is 54.5 Å². The first kappa shape index (κ1) is 13.2. The monoisotopic (exact) mass is 305 g/mol. The molecule has 0 aromatic heterocycles. The molecule has 16 heavy (non-hydrogen) atoms. The van der Waals surface area contributed by atoms with E-state index in [4.69, 9.17) is 0 Å². The summed E-state index contributed by atoms with van der Waals surface area (Å²) in [5.41, 5.74) is 1.09. The second-order valence-electron chi connectivity index (χ2n) is 3.33. The quantitative estimate of drug-likeness (QED) is 0.628. The van der Waals surface area contributed by atoms with Gasteiger partial charge in [0.05, 0.1) is 17.3 Å². The molecule has 1 aromatic rings. The lowest BCUT2D eigenvalue weighted by molar-refractivity contribution is 0.102. The van der Waals surface area contributed by atoms with Crippen molar-refractivity contribution in [3.05, 3.63) is 29.8 Å². The Morgan fingerprint density at radius 2 is 1.81 bits per heavy atom. The second kappa shape index (κ2) is 4.97. The summed E-state index contributed by atoms with van der Waals surface area (Å²) in [6.07, 6.45) is 1.13. The Labute approximate surface area is 103 Å². The summed E-state index contributed by atoms with van der Waals surface area (Å²) in [6, 6.07) is 6.44. The highest BCUT2D eigenvalue weighted by Crippen LogP contribution is 2.16. The van der Waals surface area contributed by atoms with E-state index >= 15 is 0 Å². The van der Waals surface area contributed by atoms with Crippen LogP contribution in [0.5, 0.6) is 0 Å². The van der Waals surface area contributed by atoms with Gasteiger partial charge in [0.25, 0.3) is 0 Å². The third-order valence-corrected chi connectivity index (χ3v) is 3.89. The molecule has 88 valence electrons. The van der Waals surface area contributed by atoms with E-state index in [-0.39, 0.29) is 11.1 Å². The van der Waals surface area contributed by atoms with Crippen LogP contribution in [0.2, 0.25) is 0 Å². The van der Waals surface area contributed by atoms with Crippen LogP contribution in [0.25, 0.3) is 0 Å². The zero-order chi connectivity index (χ0) is 12.3. The maximum Gasteiger partial charge on any atom is 0.231 e. The van der Waals surface area contributed by atoms with Crippen LogP contribution in [-0.2, 0) is 10.0 Å². The van der Waals surface area contributed by atoms with Gasteiger partial charge >= 0.3 is 0 Å². The standard InChI is InChI=1S/C10H12BrNO3S/c1-12(16(2,14)15)9-5-3-8(4-6-9)10(13)7-11/h3-6H,7H2,1-2H3. The highest BCUT2D eigenvalue weighted by molar-refractivity contribution is 9.09. The summed E-state index contributed by atoms with van der Waals surface area (Å²) in [5, 5.41) is 0.258. The van der Waals surface area contributed by atoms with E-state index in [0.717, 1.165) is 10.6 Å². The molecule has 0 aliphatic heterocycles. The van der Waals surface area contributed by atoms with Crippen LogP contribution in [0.1, 0.15) is 10.4 Å². The van der Waals surface area contributed by atoms with Crippen LogP contribution in [-0.4, -0.2) is 32.8 Å². The molecule has 6 heteroatoms. The average Bonchev–Trinajstić information content (AvgIpc) is 2.26. The molecule has 0 saturated carbocycles. The lowest BCUT2D eigenvalue weighted by Gasteiger charge is -2.16. The molecule has 0 fully saturated rings. The molecule has 1 aromatic carbocycles. The smallest absolute Gasteiger partial charge is 0.231 e. The third-order valence-electron chi connectivity index (χ3n) is 2.17. The fourth-order valence-electron chi connectivity index (χ4n) is 1.13. The van der Waals surface area contributed by atoms with Gasteiger partial charge in [0.15, 0.2) is 5.78 Å². The number of Topliss-reactive ketones (excluding diaryl/α,β-unsaturated/α-hetero) is 1. The number of ketones is 1. The Morgan fingerprint density at radius 3 is 2.19 bits per heavy atom. The highest BCUT2D eigenvalue weighted by atomic mass is 79.9. The molecule has 0 spiro atoms. The van der Waals surface area contributed by atoms with Gasteiger partial charge in [0.1, 0.15) is 0 Å². The number of sulfonamides is 1. The molecule has 0 aliphatic carbocycles. The van der Waals surface area contributed by atoms with Crippen molar-refractivity contribution in [2.24, 2.45) is 0 Å². The average molecular weight is 306 g/mol. The van der Waals surface area contributed by atoms with E-state index in [9.17, 15) is 13.2 Å². The van der Waals surface area contributed by atoms with Crippen molar-refractivity contribution >= 4 is 37.4 Å². The van der Waals surface area contributed by atoms with Crippen molar-refractivity contribution in [3.63, 3.8) is 0 Å². The fraction of sp³-hybridized carbons (Fsp3) is 0.300. The maximum atomic E-state index is 11.3. The zero-order valence-electron chi connectivity index (χ0n) is 8.97. The lowest BCUT2D eigenvalue weighted by atomic mass is 10.1. The van der Waals surface area contributed by atoms with Crippen LogP contribution >= 0.6 is 15.9 Å². The summed E-state index contributed by atoms with van der Waals surface area (Å²) in [4.78, 5) is 11.3. The first-order valence-corrected chi connectivity index (χ1v) is 7.46. The molecule has 0 atom stereocenters. The first-order chi connectivity index (χ1) is 7.36. The zero-order valence-corrected chi connectivity index (χ0v) is 11.4. The number of rotatable bonds is 4. The molecule has 0 unspecified atom stereocenters. The van der Waals surface area contributed by atoms with Crippen LogP contribution < -0.4 is 4.31 Å². The van der Waals surface area contributed by atoms with Crippen molar-refractivity contribution < 1.29 is 13.2 Å². The van der Waals surface area contributed by atoms with E-state index in [1.807, 2.05) is 0 Å². The van der Waals surface area contributed by atoms with Gasteiger partial charge in [-0.3, -0.25) is 9.10 Å². The van der Waals surface area contributed by atoms with Gasteiger partial charge in [0.2, 0.25) is 10.0 Å². The maximum absolute atomic E-state index is 11.3. The van der Waals surface area contributed by atoms with Crippen LogP contribution in [0.3, 0.4) is 0 Å². The van der Waals surface area contributed by atoms with Gasteiger partial charge in [0, 0.05) is 12.6 Å². The molecule has 0 amide bonds. The third kappa shape index (κ3) is 3.05. The summed E-state index contributed by atoms with van der Waals surface area (Å²) in [5.74, 6) is -0.0337. The van der Waals surface area contributed by atoms with Gasteiger partial charge in [-0.1, -0.05) is 15.9 Å². The molecule has 1 rings (SSSR count). The summed E-state index contributed by atoms with van der Waals surface area (Å²) in [7, 11) is -1.79. The van der Waals surface area contributed by atoms with E-state index in [2.05, 4.69) is 15.9 Å². The van der Waals surface area contributed by atoms with Crippen molar-refractivity contribution in [1.29, 1.82) is 0 Å². The number of benzene rings is 1. The Morgan fingerprint density at radius 1 is 1.31 bits per heavy atom. The predicted molar refractivity (Wildman–Crippen MR) is 67.8 cm³/mol. The van der Waals surface area contributed by atoms with Gasteiger partial charge in [-0.25, -0.2) is 8.42 Å². The van der Waals surface area contributed by atoms with E-state index < -0.39 is 10.0 Å². The van der Waals surface area contributed by atoms with Crippen molar-refractivity contribution in [3.8, 4) is 0 Å². The number of alkyl halides is 1. The number of hydrogen-bond acceptors (Lipinski definition) is 3. The lowest BCUT2D eigenvalue weighted by Crippen LogP contribution is -2.24. The van der Waals surface area contributed by atoms with Crippen molar-refractivity contribution in [2.45, 2.75) is 0 Å². The fourth-order valence-corrected chi connectivity index (χ4v) is 1.95. The number of carbonyl (C=O) groups is 1. The normalized spacial score (nSPS) is 11.2. The van der Waals surface area contributed by atoms with Gasteiger partial charge in [-0.2, -0.15) is 0 Å². The Balaban J connectivity index is 3.00. The van der Waals surface area contributed by atoms with Crippen molar-refractivity contribution in [2.75, 3.05) is 22.9 Å². The van der Waals surface area contributed by atoms with Gasteiger partial charge in [-0.15, -0.1) is 0 Å². The second-order valence-corrected chi connectivity index (χ2v) is 5.91. The Hall–Kier alpha value is -0.880. The molecule has 0 radical (unpaired) electrons. The molecular weight excluding hydrogens is 294 g/mol. The number of hydrogen-bond donors (Lipinski definition) is 0. The van der Waals surface area contributed by atoms with E-state index in [1.165, 1.54) is 7.05 Å². The predicted octanol–water partition coefficient (Wildman–Crippen LogP) is 1.66. The van der Waals surface area contributed by atoms with E-state index in [1.54, 1.807) is 24.3 Å². The number of nitrogens with zero attached hydrogens (tertiary/aromatic N) is 1. The minimum atomic E-state index is -3.26. The minimum Gasteiger partial charge on any atom is -0.293 e. The van der Waals surface area contributed by atoms with Gasteiger partial charge in [-0.05, 0) is 24.3 Å². The minimum absolute atomic E-state index is 0.0337. The molecule has 4 nitrogen and oxygen atoms in total. The Kier molecular flexibility index (Phi) is 4.09. The summed E-state index contributed by atoms with van der Waals surface area (Å²) >= 11 is 3.07.